The van der Waals surface area contributed by atoms with Crippen molar-refractivity contribution in [3.05, 3.63) is 0 Å². The molecule has 0 aliphatic rings. The summed E-state index contributed by atoms with van der Waals surface area (Å²) in [7, 11) is 2.05. The number of hydrogen-bond acceptors (Lipinski definition) is 3. The normalized spacial score (nSPS) is 16.3. The van der Waals surface area contributed by atoms with Crippen LogP contribution in [0.2, 0.25) is 0 Å². The maximum Gasteiger partial charge on any atom is 0.314 e. The molecule has 0 bridgehead atoms. The van der Waals surface area contributed by atoms with Gasteiger partial charge in [-0.3, -0.25) is 0 Å². The van der Waals surface area contributed by atoms with Crippen molar-refractivity contribution in [1.82, 2.24) is 15.5 Å². The lowest BCUT2D eigenvalue weighted by Crippen LogP contribution is -2.48. The Morgan fingerprint density at radius 1 is 1.32 bits per heavy atom. The van der Waals surface area contributed by atoms with E-state index in [2.05, 4.69) is 36.4 Å². The van der Waals surface area contributed by atoms with Crippen LogP contribution in [-0.2, 0) is 0 Å². The molecule has 2 atom stereocenters. The number of nitrogens with zero attached hydrogens (tertiary/aromatic N) is 1. The molecule has 5 nitrogen and oxygen atoms in total. The third-order valence-corrected chi connectivity index (χ3v) is 3.94. The molecule has 0 spiro atoms. The average Bonchev–Trinajstić information content (AvgIpc) is 2.35. The van der Waals surface area contributed by atoms with Gasteiger partial charge in [-0.2, -0.15) is 0 Å². The number of rotatable bonds is 8. The summed E-state index contributed by atoms with van der Waals surface area (Å²) in [6, 6.07) is 0.296. The zero-order valence-electron chi connectivity index (χ0n) is 13.3. The minimum Gasteiger partial charge on any atom is -0.388 e. The fourth-order valence-electron chi connectivity index (χ4n) is 1.40. The molecule has 0 aromatic rings. The third-order valence-electron chi connectivity index (χ3n) is 3.94. The number of aliphatic hydroxyl groups is 1. The van der Waals surface area contributed by atoms with E-state index in [0.717, 1.165) is 13.0 Å². The molecule has 0 heterocycles. The van der Waals surface area contributed by atoms with Gasteiger partial charge in [0.1, 0.15) is 0 Å². The van der Waals surface area contributed by atoms with E-state index in [-0.39, 0.29) is 18.5 Å². The highest BCUT2D eigenvalue weighted by Gasteiger charge is 2.25. The first-order valence-corrected chi connectivity index (χ1v) is 7.15. The van der Waals surface area contributed by atoms with Crippen molar-refractivity contribution < 1.29 is 9.90 Å². The zero-order chi connectivity index (χ0) is 15.1. The van der Waals surface area contributed by atoms with Crippen LogP contribution in [0.5, 0.6) is 0 Å². The predicted molar refractivity (Wildman–Crippen MR) is 79.2 cm³/mol. The number of hydrogen-bond donors (Lipinski definition) is 3. The van der Waals surface area contributed by atoms with Gasteiger partial charge in [-0.1, -0.05) is 20.8 Å². The molecule has 0 aromatic heterocycles. The number of urea groups is 1. The van der Waals surface area contributed by atoms with Gasteiger partial charge in [0.05, 0.1) is 5.60 Å². The predicted octanol–water partition coefficient (Wildman–Crippen LogP) is 1.42. The van der Waals surface area contributed by atoms with Gasteiger partial charge in [0.2, 0.25) is 0 Å². The van der Waals surface area contributed by atoms with Crippen LogP contribution >= 0.6 is 0 Å². The molecule has 0 saturated heterocycles. The minimum atomic E-state index is -0.870. The van der Waals surface area contributed by atoms with Gasteiger partial charge < -0.3 is 20.6 Å². The molecule has 3 N–H and O–H groups in total. The van der Waals surface area contributed by atoms with Crippen LogP contribution in [0.15, 0.2) is 0 Å². The highest BCUT2D eigenvalue weighted by molar-refractivity contribution is 5.73. The van der Waals surface area contributed by atoms with Gasteiger partial charge in [0.15, 0.2) is 0 Å². The van der Waals surface area contributed by atoms with Crippen molar-refractivity contribution >= 4 is 6.03 Å². The van der Waals surface area contributed by atoms with Crippen molar-refractivity contribution in [3.8, 4) is 0 Å². The van der Waals surface area contributed by atoms with E-state index < -0.39 is 5.60 Å². The lowest BCUT2D eigenvalue weighted by atomic mass is 9.93. The van der Waals surface area contributed by atoms with E-state index in [0.29, 0.717) is 12.6 Å². The Morgan fingerprint density at radius 3 is 2.37 bits per heavy atom. The number of carbonyl (C=O) groups is 1. The Kier molecular flexibility index (Phi) is 8.02. The summed E-state index contributed by atoms with van der Waals surface area (Å²) in [4.78, 5) is 13.8. The Labute approximate surface area is 117 Å². The van der Waals surface area contributed by atoms with Crippen LogP contribution in [0, 0.1) is 5.92 Å². The van der Waals surface area contributed by atoms with Crippen molar-refractivity contribution in [2.24, 2.45) is 5.92 Å². The maximum atomic E-state index is 11.6. The summed E-state index contributed by atoms with van der Waals surface area (Å²) in [5, 5.41) is 15.5. The summed E-state index contributed by atoms with van der Waals surface area (Å²) < 4.78 is 0. The highest BCUT2D eigenvalue weighted by atomic mass is 16.3. The molecular formula is C14H31N3O2. The van der Waals surface area contributed by atoms with Gasteiger partial charge in [-0.15, -0.1) is 0 Å². The van der Waals surface area contributed by atoms with E-state index in [1.54, 1.807) is 6.92 Å². The molecule has 0 fully saturated rings. The summed E-state index contributed by atoms with van der Waals surface area (Å²) in [6.45, 7) is 11.6. The Hall–Kier alpha value is -0.810. The topological polar surface area (TPSA) is 64.6 Å². The second-order valence-electron chi connectivity index (χ2n) is 5.86. The Bertz CT molecular complexity index is 267. The van der Waals surface area contributed by atoms with E-state index >= 15 is 0 Å². The van der Waals surface area contributed by atoms with Gasteiger partial charge in [0.25, 0.3) is 0 Å². The summed E-state index contributed by atoms with van der Waals surface area (Å²) >= 11 is 0. The van der Waals surface area contributed by atoms with Crippen LogP contribution < -0.4 is 10.6 Å². The molecule has 19 heavy (non-hydrogen) atoms. The van der Waals surface area contributed by atoms with Crippen LogP contribution in [0.4, 0.5) is 4.79 Å². The quantitative estimate of drug-likeness (QED) is 0.627. The van der Waals surface area contributed by atoms with Crippen molar-refractivity contribution in [1.29, 1.82) is 0 Å². The van der Waals surface area contributed by atoms with Crippen molar-refractivity contribution in [3.63, 3.8) is 0 Å². The zero-order valence-corrected chi connectivity index (χ0v) is 13.3. The van der Waals surface area contributed by atoms with Crippen LogP contribution in [0.3, 0.4) is 0 Å². The number of amides is 2. The number of likely N-dealkylation sites (N-methyl/N-ethyl adjacent to an activating group) is 1. The van der Waals surface area contributed by atoms with Crippen molar-refractivity contribution in [2.75, 3.05) is 26.7 Å². The molecule has 0 radical (unpaired) electrons. The Balaban J connectivity index is 3.83. The van der Waals surface area contributed by atoms with Gasteiger partial charge in [-0.05, 0) is 33.2 Å². The molecule has 0 saturated carbocycles. The fraction of sp³-hybridized carbons (Fsp3) is 0.929. The van der Waals surface area contributed by atoms with E-state index in [1.807, 2.05) is 13.8 Å². The first kappa shape index (κ1) is 18.2. The highest BCUT2D eigenvalue weighted by Crippen LogP contribution is 2.14. The molecule has 2 amide bonds. The number of carbonyl (C=O) groups excluding carboxylic acids is 1. The molecule has 0 aliphatic heterocycles. The first-order chi connectivity index (χ1) is 8.70. The SMILES string of the molecule is CCC(C)N(C)CCNC(=O)NCC(C)(O)C(C)C. The largest absolute Gasteiger partial charge is 0.388 e. The standard InChI is InChI=1S/C14H31N3O2/c1-7-12(4)17(6)9-8-15-13(18)16-10-14(5,19)11(2)3/h11-12,19H,7-10H2,1-6H3,(H2,15,16,18). The van der Waals surface area contributed by atoms with Crippen LogP contribution in [0.1, 0.15) is 41.0 Å². The lowest BCUT2D eigenvalue weighted by Gasteiger charge is -2.28. The molecular weight excluding hydrogens is 242 g/mol. The monoisotopic (exact) mass is 273 g/mol. The van der Waals surface area contributed by atoms with E-state index in [4.69, 9.17) is 0 Å². The first-order valence-electron chi connectivity index (χ1n) is 7.15. The molecule has 5 heteroatoms. The summed E-state index contributed by atoms with van der Waals surface area (Å²) in [5.41, 5.74) is -0.870. The average molecular weight is 273 g/mol. The molecule has 0 rings (SSSR count). The van der Waals surface area contributed by atoms with E-state index in [1.165, 1.54) is 0 Å². The maximum absolute atomic E-state index is 11.6. The van der Waals surface area contributed by atoms with Gasteiger partial charge in [-0.25, -0.2) is 4.79 Å². The minimum absolute atomic E-state index is 0.101. The second-order valence-corrected chi connectivity index (χ2v) is 5.86. The molecule has 0 aliphatic carbocycles. The smallest absolute Gasteiger partial charge is 0.314 e. The fourth-order valence-corrected chi connectivity index (χ4v) is 1.40. The van der Waals surface area contributed by atoms with Crippen LogP contribution in [0.25, 0.3) is 0 Å². The summed E-state index contributed by atoms with van der Waals surface area (Å²) in [5.74, 6) is 0.101. The van der Waals surface area contributed by atoms with Crippen molar-refractivity contribution in [2.45, 2.75) is 52.7 Å². The van der Waals surface area contributed by atoms with E-state index in [9.17, 15) is 9.90 Å². The third kappa shape index (κ3) is 7.38. The molecule has 114 valence electrons. The van der Waals surface area contributed by atoms with Gasteiger partial charge in [0, 0.05) is 25.7 Å². The number of nitrogens with one attached hydrogen (secondary N) is 2. The second kappa shape index (κ2) is 8.38. The van der Waals surface area contributed by atoms with Gasteiger partial charge >= 0.3 is 6.03 Å². The summed E-state index contributed by atoms with van der Waals surface area (Å²) in [6.07, 6.45) is 1.10. The Morgan fingerprint density at radius 2 is 1.89 bits per heavy atom. The van der Waals surface area contributed by atoms with Crippen LogP contribution in [-0.4, -0.2) is 54.4 Å². The molecule has 2 unspecified atom stereocenters. The molecule has 0 aromatic carbocycles. The lowest BCUT2D eigenvalue weighted by molar-refractivity contribution is 0.0166.